The van der Waals surface area contributed by atoms with Crippen molar-refractivity contribution in [1.29, 1.82) is 0 Å². The number of nitrogens with one attached hydrogen (secondary N) is 1. The molecule has 0 unspecified atom stereocenters. The van der Waals surface area contributed by atoms with Gasteiger partial charge >= 0.3 is 0 Å². The maximum Gasteiger partial charge on any atom is 0.257 e. The fraction of sp³-hybridized carbons (Fsp3) is 0.500. The number of benzene rings is 1. The van der Waals surface area contributed by atoms with E-state index in [0.717, 1.165) is 6.42 Å². The van der Waals surface area contributed by atoms with Crippen LogP contribution in [0.15, 0.2) is 35.9 Å². The number of para-hydroxylation sites is 2. The summed E-state index contributed by atoms with van der Waals surface area (Å²) in [4.78, 5) is 11.8. The molecule has 0 radical (unpaired) electrons. The van der Waals surface area contributed by atoms with Gasteiger partial charge in [0.15, 0.2) is 18.1 Å². The summed E-state index contributed by atoms with van der Waals surface area (Å²) in [6, 6.07) is 7.40. The minimum atomic E-state index is -0.0947. The molecule has 0 saturated carbocycles. The molecular weight excluding hydrogens is 278 g/mol. The molecule has 1 N–H and O–H groups in total. The van der Waals surface area contributed by atoms with E-state index in [-0.39, 0.29) is 12.5 Å². The average molecular weight is 303 g/mol. The second kappa shape index (κ2) is 9.13. The van der Waals surface area contributed by atoms with E-state index in [9.17, 15) is 4.79 Å². The molecule has 4 heteroatoms. The Hall–Kier alpha value is -1.97. The Labute approximate surface area is 132 Å². The van der Waals surface area contributed by atoms with Gasteiger partial charge in [0.2, 0.25) is 0 Å². The maximum absolute atomic E-state index is 11.8. The Morgan fingerprint density at radius 3 is 2.64 bits per heavy atom. The summed E-state index contributed by atoms with van der Waals surface area (Å²) in [5.74, 6) is 1.18. The molecule has 0 aliphatic heterocycles. The number of allylic oxidation sites excluding steroid dienone is 1. The van der Waals surface area contributed by atoms with Crippen LogP contribution in [0.5, 0.6) is 11.5 Å². The molecule has 0 bridgehead atoms. The van der Waals surface area contributed by atoms with E-state index < -0.39 is 0 Å². The fourth-order valence-electron chi connectivity index (χ4n) is 2.53. The lowest BCUT2D eigenvalue weighted by Gasteiger charge is -2.14. The standard InChI is InChI=1S/C18H25NO3/c1-2-21-16-10-6-7-11-17(16)22-14-18(20)19-13-12-15-8-4-3-5-9-15/h6-8,10-11H,2-5,9,12-14H2,1H3,(H,19,20). The Kier molecular flexibility index (Phi) is 6.81. The first kappa shape index (κ1) is 16.4. The molecule has 1 aliphatic rings. The van der Waals surface area contributed by atoms with Crippen LogP contribution in [0, 0.1) is 0 Å². The molecule has 1 aliphatic carbocycles. The molecule has 22 heavy (non-hydrogen) atoms. The van der Waals surface area contributed by atoms with Crippen LogP contribution in [-0.2, 0) is 4.79 Å². The lowest BCUT2D eigenvalue weighted by atomic mass is 9.97. The van der Waals surface area contributed by atoms with Crippen molar-refractivity contribution in [2.24, 2.45) is 0 Å². The maximum atomic E-state index is 11.8. The fourth-order valence-corrected chi connectivity index (χ4v) is 2.53. The first-order chi connectivity index (χ1) is 10.8. The van der Waals surface area contributed by atoms with Crippen LogP contribution in [-0.4, -0.2) is 25.7 Å². The van der Waals surface area contributed by atoms with E-state index in [4.69, 9.17) is 9.47 Å². The molecule has 2 rings (SSSR count). The molecule has 0 atom stereocenters. The number of ether oxygens (including phenoxy) is 2. The Balaban J connectivity index is 1.70. The summed E-state index contributed by atoms with van der Waals surface area (Å²) < 4.78 is 11.0. The van der Waals surface area contributed by atoms with Gasteiger partial charge in [0.25, 0.3) is 5.91 Å². The molecule has 1 amide bonds. The largest absolute Gasteiger partial charge is 0.490 e. The third kappa shape index (κ3) is 5.43. The van der Waals surface area contributed by atoms with Crippen LogP contribution >= 0.6 is 0 Å². The zero-order chi connectivity index (χ0) is 15.6. The molecule has 0 fully saturated rings. The highest BCUT2D eigenvalue weighted by Crippen LogP contribution is 2.26. The van der Waals surface area contributed by atoms with Crippen LogP contribution in [0.4, 0.5) is 0 Å². The van der Waals surface area contributed by atoms with Crippen molar-refractivity contribution < 1.29 is 14.3 Å². The van der Waals surface area contributed by atoms with Gasteiger partial charge in [-0.3, -0.25) is 4.79 Å². The van der Waals surface area contributed by atoms with Crippen molar-refractivity contribution in [3.63, 3.8) is 0 Å². The first-order valence-corrected chi connectivity index (χ1v) is 8.09. The van der Waals surface area contributed by atoms with E-state index in [1.54, 1.807) is 0 Å². The van der Waals surface area contributed by atoms with Crippen molar-refractivity contribution >= 4 is 5.91 Å². The van der Waals surface area contributed by atoms with Crippen LogP contribution in [0.1, 0.15) is 39.0 Å². The number of hydrogen-bond donors (Lipinski definition) is 1. The monoisotopic (exact) mass is 303 g/mol. The topological polar surface area (TPSA) is 47.6 Å². The van der Waals surface area contributed by atoms with Gasteiger partial charge in [0.1, 0.15) is 0 Å². The van der Waals surface area contributed by atoms with Gasteiger partial charge in [-0.1, -0.05) is 23.8 Å². The Bertz CT molecular complexity index is 511. The smallest absolute Gasteiger partial charge is 0.257 e. The number of amides is 1. The summed E-state index contributed by atoms with van der Waals surface area (Å²) in [6.45, 7) is 3.19. The Morgan fingerprint density at radius 2 is 1.95 bits per heavy atom. The van der Waals surface area contributed by atoms with Gasteiger partial charge in [-0.15, -0.1) is 0 Å². The second-order valence-corrected chi connectivity index (χ2v) is 5.38. The summed E-state index contributed by atoms with van der Waals surface area (Å²) in [5.41, 5.74) is 1.47. The minimum Gasteiger partial charge on any atom is -0.490 e. The molecule has 0 spiro atoms. The number of carbonyl (C=O) groups excluding carboxylic acids is 1. The summed E-state index contributed by atoms with van der Waals surface area (Å²) in [7, 11) is 0. The predicted molar refractivity (Wildman–Crippen MR) is 87.3 cm³/mol. The number of rotatable bonds is 8. The molecular formula is C18H25NO3. The first-order valence-electron chi connectivity index (χ1n) is 8.09. The zero-order valence-corrected chi connectivity index (χ0v) is 13.3. The third-order valence-electron chi connectivity index (χ3n) is 3.66. The number of hydrogen-bond acceptors (Lipinski definition) is 3. The van der Waals surface area contributed by atoms with Crippen LogP contribution in [0.3, 0.4) is 0 Å². The van der Waals surface area contributed by atoms with E-state index in [2.05, 4.69) is 11.4 Å². The van der Waals surface area contributed by atoms with E-state index in [1.807, 2.05) is 31.2 Å². The predicted octanol–water partition coefficient (Wildman–Crippen LogP) is 3.47. The van der Waals surface area contributed by atoms with Crippen molar-refractivity contribution in [3.05, 3.63) is 35.9 Å². The molecule has 0 aromatic heterocycles. The number of carbonyl (C=O) groups is 1. The highest BCUT2D eigenvalue weighted by Gasteiger charge is 2.08. The van der Waals surface area contributed by atoms with Crippen molar-refractivity contribution in [3.8, 4) is 11.5 Å². The third-order valence-corrected chi connectivity index (χ3v) is 3.66. The second-order valence-electron chi connectivity index (χ2n) is 5.38. The van der Waals surface area contributed by atoms with Gasteiger partial charge < -0.3 is 14.8 Å². The van der Waals surface area contributed by atoms with Gasteiger partial charge in [-0.2, -0.15) is 0 Å². The summed E-state index contributed by atoms with van der Waals surface area (Å²) in [6.07, 6.45) is 8.18. The molecule has 0 heterocycles. The van der Waals surface area contributed by atoms with Crippen LogP contribution in [0.2, 0.25) is 0 Å². The van der Waals surface area contributed by atoms with Crippen molar-refractivity contribution in [1.82, 2.24) is 5.32 Å². The lowest BCUT2D eigenvalue weighted by Crippen LogP contribution is -2.30. The lowest BCUT2D eigenvalue weighted by molar-refractivity contribution is -0.123. The molecule has 120 valence electrons. The van der Waals surface area contributed by atoms with Crippen LogP contribution < -0.4 is 14.8 Å². The Morgan fingerprint density at radius 1 is 1.18 bits per heavy atom. The van der Waals surface area contributed by atoms with Gasteiger partial charge in [-0.05, 0) is 51.2 Å². The summed E-state index contributed by atoms with van der Waals surface area (Å²) in [5, 5.41) is 2.91. The minimum absolute atomic E-state index is 0.0170. The SMILES string of the molecule is CCOc1ccccc1OCC(=O)NCCC1=CCCCC1. The molecule has 4 nitrogen and oxygen atoms in total. The molecule has 0 saturated heterocycles. The van der Waals surface area contributed by atoms with Gasteiger partial charge in [0.05, 0.1) is 6.61 Å². The molecule has 1 aromatic carbocycles. The zero-order valence-electron chi connectivity index (χ0n) is 13.3. The normalized spacial score (nSPS) is 14.1. The quantitative estimate of drug-likeness (QED) is 0.748. The van der Waals surface area contributed by atoms with Crippen molar-refractivity contribution in [2.45, 2.75) is 39.0 Å². The van der Waals surface area contributed by atoms with E-state index in [1.165, 1.54) is 31.3 Å². The highest BCUT2D eigenvalue weighted by molar-refractivity contribution is 5.77. The molecule has 1 aromatic rings. The average Bonchev–Trinajstić information content (AvgIpc) is 2.55. The van der Waals surface area contributed by atoms with Crippen LogP contribution in [0.25, 0.3) is 0 Å². The van der Waals surface area contributed by atoms with Crippen molar-refractivity contribution in [2.75, 3.05) is 19.8 Å². The van der Waals surface area contributed by atoms with Gasteiger partial charge in [-0.25, -0.2) is 0 Å². The highest BCUT2D eigenvalue weighted by atomic mass is 16.5. The van der Waals surface area contributed by atoms with Gasteiger partial charge in [0, 0.05) is 6.54 Å². The summed E-state index contributed by atoms with van der Waals surface area (Å²) >= 11 is 0. The van der Waals surface area contributed by atoms with E-state index >= 15 is 0 Å². The van der Waals surface area contributed by atoms with E-state index in [0.29, 0.717) is 24.7 Å².